The van der Waals surface area contributed by atoms with Crippen LogP contribution in [0.15, 0.2) is 107 Å². The third kappa shape index (κ3) is 4.29. The number of rotatable bonds is 6. The molecule has 2 nitrogen and oxygen atoms in total. The average molecular weight is 455 g/mol. The second-order valence-corrected chi connectivity index (χ2v) is 9.71. The minimum absolute atomic E-state index is 0.292. The molecule has 4 heteroatoms. The third-order valence-electron chi connectivity index (χ3n) is 5.59. The average Bonchev–Trinajstić information content (AvgIpc) is 2.83. The molecule has 0 fully saturated rings. The van der Waals surface area contributed by atoms with E-state index in [-0.39, 0.29) is 0 Å². The minimum Gasteiger partial charge on any atom is -0.508 e. The van der Waals surface area contributed by atoms with Crippen molar-refractivity contribution < 1.29 is 10.2 Å². The zero-order valence-corrected chi connectivity index (χ0v) is 19.0. The molecule has 0 bridgehead atoms. The van der Waals surface area contributed by atoms with Crippen molar-refractivity contribution in [3.05, 3.63) is 108 Å². The first-order valence-corrected chi connectivity index (χ1v) is 12.4. The lowest BCUT2D eigenvalue weighted by atomic mass is 9.93. The molecule has 0 spiro atoms. The Labute approximate surface area is 195 Å². The van der Waals surface area contributed by atoms with Crippen molar-refractivity contribution >= 4 is 45.1 Å². The highest BCUT2D eigenvalue weighted by molar-refractivity contribution is 7.98. The van der Waals surface area contributed by atoms with Gasteiger partial charge in [-0.05, 0) is 81.2 Å². The second kappa shape index (κ2) is 9.19. The molecule has 0 aliphatic rings. The minimum atomic E-state index is 0.292. The van der Waals surface area contributed by atoms with Gasteiger partial charge in [0, 0.05) is 21.3 Å². The number of thioether (sulfide) groups is 2. The van der Waals surface area contributed by atoms with E-state index < -0.39 is 0 Å². The van der Waals surface area contributed by atoms with Crippen LogP contribution in [-0.4, -0.2) is 10.2 Å². The predicted octanol–water partition coefficient (Wildman–Crippen LogP) is 7.99. The van der Waals surface area contributed by atoms with E-state index in [0.29, 0.717) is 11.5 Å². The van der Waals surface area contributed by atoms with Gasteiger partial charge in [0.1, 0.15) is 11.5 Å². The van der Waals surface area contributed by atoms with Gasteiger partial charge in [-0.3, -0.25) is 0 Å². The van der Waals surface area contributed by atoms with E-state index in [1.54, 1.807) is 47.8 Å². The van der Waals surface area contributed by atoms with Crippen LogP contribution in [0.5, 0.6) is 11.5 Å². The van der Waals surface area contributed by atoms with Gasteiger partial charge in [-0.25, -0.2) is 0 Å². The SMILES string of the molecule is Oc1ccc(SCc2c3ccccc3c(CSc3ccc(O)cc3)c3ccccc23)cc1. The zero-order valence-electron chi connectivity index (χ0n) is 17.4. The highest BCUT2D eigenvalue weighted by atomic mass is 32.2. The predicted molar refractivity (Wildman–Crippen MR) is 137 cm³/mol. The van der Waals surface area contributed by atoms with Gasteiger partial charge in [-0.1, -0.05) is 48.5 Å². The van der Waals surface area contributed by atoms with Crippen LogP contribution in [0, 0.1) is 0 Å². The van der Waals surface area contributed by atoms with Crippen molar-refractivity contribution in [2.75, 3.05) is 0 Å². The monoisotopic (exact) mass is 454 g/mol. The fraction of sp³-hybridized carbons (Fsp3) is 0.0714. The molecule has 158 valence electrons. The normalized spacial score (nSPS) is 11.2. The Kier molecular flexibility index (Phi) is 5.97. The molecule has 0 amide bonds. The van der Waals surface area contributed by atoms with Crippen LogP contribution in [0.1, 0.15) is 11.1 Å². The van der Waals surface area contributed by atoms with Crippen molar-refractivity contribution in [3.8, 4) is 11.5 Å². The topological polar surface area (TPSA) is 40.5 Å². The highest BCUT2D eigenvalue weighted by Crippen LogP contribution is 2.39. The van der Waals surface area contributed by atoms with Gasteiger partial charge < -0.3 is 10.2 Å². The van der Waals surface area contributed by atoms with Crippen LogP contribution in [0.2, 0.25) is 0 Å². The Balaban J connectivity index is 1.56. The standard InChI is InChI=1S/C28H22O2S2/c29-19-9-13-21(14-10-19)31-17-27-23-5-1-2-6-24(23)28(26-8-4-3-7-25(26)27)18-32-22-15-11-20(30)12-16-22/h1-16,29-30H,17-18H2. The number of aromatic hydroxyl groups is 2. The Morgan fingerprint density at radius 2 is 0.750 bits per heavy atom. The van der Waals surface area contributed by atoms with Gasteiger partial charge in [0.05, 0.1) is 0 Å². The molecule has 0 aliphatic heterocycles. The van der Waals surface area contributed by atoms with Crippen LogP contribution in [-0.2, 0) is 11.5 Å². The largest absolute Gasteiger partial charge is 0.508 e. The van der Waals surface area contributed by atoms with Gasteiger partial charge in [-0.15, -0.1) is 23.5 Å². The summed E-state index contributed by atoms with van der Waals surface area (Å²) in [5.41, 5.74) is 2.68. The maximum Gasteiger partial charge on any atom is 0.115 e. The van der Waals surface area contributed by atoms with Crippen molar-refractivity contribution in [1.82, 2.24) is 0 Å². The van der Waals surface area contributed by atoms with Crippen LogP contribution >= 0.6 is 23.5 Å². The first kappa shape index (κ1) is 20.8. The van der Waals surface area contributed by atoms with Crippen molar-refractivity contribution in [1.29, 1.82) is 0 Å². The van der Waals surface area contributed by atoms with E-state index in [4.69, 9.17) is 0 Å². The fourth-order valence-corrected chi connectivity index (χ4v) is 5.92. The molecule has 0 aliphatic carbocycles. The highest BCUT2D eigenvalue weighted by Gasteiger charge is 2.14. The van der Waals surface area contributed by atoms with E-state index in [2.05, 4.69) is 48.5 Å². The third-order valence-corrected chi connectivity index (χ3v) is 7.67. The Bertz CT molecular complexity index is 1210. The van der Waals surface area contributed by atoms with E-state index in [1.807, 2.05) is 24.3 Å². The molecule has 0 aromatic heterocycles. The van der Waals surface area contributed by atoms with E-state index in [0.717, 1.165) is 21.3 Å². The number of hydrogen-bond acceptors (Lipinski definition) is 4. The number of benzene rings is 5. The molecule has 0 atom stereocenters. The Hall–Kier alpha value is -3.08. The fourth-order valence-electron chi connectivity index (χ4n) is 4.02. The number of hydrogen-bond donors (Lipinski definition) is 2. The summed E-state index contributed by atoms with van der Waals surface area (Å²) in [6.45, 7) is 0. The van der Waals surface area contributed by atoms with Gasteiger partial charge >= 0.3 is 0 Å². The maximum absolute atomic E-state index is 9.58. The van der Waals surface area contributed by atoms with Crippen molar-refractivity contribution in [3.63, 3.8) is 0 Å². The molecule has 0 unspecified atom stereocenters. The quantitative estimate of drug-likeness (QED) is 0.201. The molecule has 0 saturated heterocycles. The maximum atomic E-state index is 9.58. The second-order valence-electron chi connectivity index (χ2n) is 7.61. The van der Waals surface area contributed by atoms with E-state index >= 15 is 0 Å². The van der Waals surface area contributed by atoms with Gasteiger partial charge in [0.2, 0.25) is 0 Å². The summed E-state index contributed by atoms with van der Waals surface area (Å²) in [5.74, 6) is 2.30. The molecule has 0 radical (unpaired) electrons. The molecule has 5 aromatic rings. The van der Waals surface area contributed by atoms with Crippen LogP contribution in [0.4, 0.5) is 0 Å². The molecule has 0 heterocycles. The molecule has 0 saturated carbocycles. The molecule has 5 rings (SSSR count). The molecule has 32 heavy (non-hydrogen) atoms. The summed E-state index contributed by atoms with van der Waals surface area (Å²) in [5, 5.41) is 24.3. The van der Waals surface area contributed by atoms with Gasteiger partial charge in [-0.2, -0.15) is 0 Å². The lowest BCUT2D eigenvalue weighted by molar-refractivity contribution is 0.474. The van der Waals surface area contributed by atoms with Crippen LogP contribution in [0.25, 0.3) is 21.5 Å². The smallest absolute Gasteiger partial charge is 0.115 e. The van der Waals surface area contributed by atoms with Crippen molar-refractivity contribution in [2.45, 2.75) is 21.3 Å². The first-order chi connectivity index (χ1) is 15.7. The van der Waals surface area contributed by atoms with Crippen LogP contribution in [0.3, 0.4) is 0 Å². The summed E-state index contributed by atoms with van der Waals surface area (Å²) in [6, 6.07) is 32.2. The summed E-state index contributed by atoms with van der Waals surface area (Å²) < 4.78 is 0. The summed E-state index contributed by atoms with van der Waals surface area (Å²) in [6.07, 6.45) is 0. The zero-order chi connectivity index (χ0) is 21.9. The Morgan fingerprint density at radius 3 is 1.06 bits per heavy atom. The molecular weight excluding hydrogens is 432 g/mol. The van der Waals surface area contributed by atoms with E-state index in [9.17, 15) is 10.2 Å². The molecule has 5 aromatic carbocycles. The summed E-state index contributed by atoms with van der Waals surface area (Å²) >= 11 is 3.58. The molecular formula is C28H22O2S2. The lowest BCUT2D eigenvalue weighted by Crippen LogP contribution is -1.94. The Morgan fingerprint density at radius 1 is 0.438 bits per heavy atom. The number of fused-ring (bicyclic) bond motifs is 2. The summed E-state index contributed by atoms with van der Waals surface area (Å²) in [4.78, 5) is 2.28. The summed E-state index contributed by atoms with van der Waals surface area (Å²) in [7, 11) is 0. The first-order valence-electron chi connectivity index (χ1n) is 10.4. The van der Waals surface area contributed by atoms with Crippen molar-refractivity contribution in [2.24, 2.45) is 0 Å². The van der Waals surface area contributed by atoms with Gasteiger partial charge in [0.25, 0.3) is 0 Å². The van der Waals surface area contributed by atoms with Crippen LogP contribution < -0.4 is 0 Å². The van der Waals surface area contributed by atoms with E-state index in [1.165, 1.54) is 32.7 Å². The lowest BCUT2D eigenvalue weighted by Gasteiger charge is -2.17. The molecule has 2 N–H and O–H groups in total. The van der Waals surface area contributed by atoms with Gasteiger partial charge in [0.15, 0.2) is 0 Å². The number of phenols is 2. The number of phenolic OH excluding ortho intramolecular Hbond substituents is 2.